The monoisotopic (exact) mass is 336 g/mol. The quantitative estimate of drug-likeness (QED) is 0.406. The number of hydrogen-bond donors (Lipinski definition) is 0. The zero-order chi connectivity index (χ0) is 19.1. The van der Waals surface area contributed by atoms with Crippen LogP contribution in [0.4, 0.5) is 0 Å². The van der Waals surface area contributed by atoms with Crippen LogP contribution in [0.15, 0.2) is 93.6 Å². The highest BCUT2D eigenvalue weighted by Crippen LogP contribution is 2.40. The molecule has 0 unspecified atom stereocenters. The molecule has 1 aliphatic rings. The summed E-state index contributed by atoms with van der Waals surface area (Å²) in [6.45, 7) is 23.4. The van der Waals surface area contributed by atoms with Gasteiger partial charge >= 0.3 is 0 Å². The summed E-state index contributed by atoms with van der Waals surface area (Å²) in [4.78, 5) is 0. The molecule has 0 bridgehead atoms. The number of rotatable bonds is 7. The first-order valence-corrected chi connectivity index (χ1v) is 8.35. The number of nitrogens with zero attached hydrogens (tertiary/aromatic N) is 1. The third-order valence-electron chi connectivity index (χ3n) is 4.07. The van der Waals surface area contributed by atoms with Gasteiger partial charge in [-0.2, -0.15) is 0 Å². The molecule has 1 aliphatic heterocycles. The Kier molecular flexibility index (Phi) is 6.40. The molecule has 0 amide bonds. The van der Waals surface area contributed by atoms with Crippen LogP contribution < -0.4 is 0 Å². The molecule has 127 valence electrons. The molecule has 0 atom stereocenters. The predicted octanol–water partition coefficient (Wildman–Crippen LogP) is 6.31. The second-order valence-corrected chi connectivity index (χ2v) is 5.55. The summed E-state index contributed by atoms with van der Waals surface area (Å²) in [5.41, 5.74) is 7.20. The van der Waals surface area contributed by atoms with Gasteiger partial charge in [-0.25, -0.2) is 0 Å². The molecule has 26 heavy (non-hydrogen) atoms. The molecule has 2 heteroatoms. The molecule has 2 rings (SSSR count). The first kappa shape index (κ1) is 19.1. The molecule has 0 aromatic carbocycles. The summed E-state index contributed by atoms with van der Waals surface area (Å²) in [5.74, 6) is 0. The van der Waals surface area contributed by atoms with Gasteiger partial charge in [-0.3, -0.25) is 0 Å². The lowest BCUT2D eigenvalue weighted by Gasteiger charge is -2.26. The van der Waals surface area contributed by atoms with Crippen molar-refractivity contribution in [3.8, 4) is 0 Å². The van der Waals surface area contributed by atoms with Gasteiger partial charge in [-0.05, 0) is 12.2 Å². The summed E-state index contributed by atoms with van der Waals surface area (Å²) in [7, 11) is 2.12. The molecule has 1 aromatic rings. The Balaban J connectivity index is 3.04. The zero-order valence-electron chi connectivity index (χ0n) is 15.1. The predicted molar refractivity (Wildman–Crippen MR) is 121 cm³/mol. The smallest absolute Gasteiger partial charge is 0.197 e. The number of allylic oxidation sites excluding steroid dienone is 10. The van der Waals surface area contributed by atoms with Crippen molar-refractivity contribution in [2.45, 2.75) is 0 Å². The number of aromatic nitrogens is 1. The SMILES string of the molecule is C=C/C=C\c1c(C=C)c2n(c1C=C)C(=C/C=C)/C(=C\C=C)[B]/C2=C/C=C. The van der Waals surface area contributed by atoms with Crippen molar-refractivity contribution < 1.29 is 0 Å². The number of fused-ring (bicyclic) bond motifs is 1. The van der Waals surface area contributed by atoms with Crippen LogP contribution in [0.5, 0.6) is 0 Å². The van der Waals surface area contributed by atoms with E-state index in [0.29, 0.717) is 0 Å². The molecule has 0 saturated heterocycles. The standard InChI is InChI=1S/C24H23BN/c1-7-13-17-19-18(11-5)24-21(15-9-3)25-20(14-8-2)23(16-10-4)26(24)22(19)12-6/h7-17H,1-6H2/b17-13-,20-14+,21-15+,23-16+. The van der Waals surface area contributed by atoms with Crippen molar-refractivity contribution in [1.29, 1.82) is 0 Å². The maximum atomic E-state index is 4.03. The average Bonchev–Trinajstić information content (AvgIpc) is 2.96. The van der Waals surface area contributed by atoms with E-state index in [-0.39, 0.29) is 0 Å². The van der Waals surface area contributed by atoms with E-state index in [2.05, 4.69) is 51.3 Å². The van der Waals surface area contributed by atoms with E-state index in [1.54, 1.807) is 24.3 Å². The van der Waals surface area contributed by atoms with E-state index in [9.17, 15) is 0 Å². The minimum absolute atomic E-state index is 0.985. The van der Waals surface area contributed by atoms with Crippen LogP contribution in [-0.4, -0.2) is 11.8 Å². The highest BCUT2D eigenvalue weighted by Gasteiger charge is 2.29. The van der Waals surface area contributed by atoms with Gasteiger partial charge in [0.25, 0.3) is 0 Å². The van der Waals surface area contributed by atoms with E-state index in [1.165, 1.54) is 0 Å². The molecule has 1 radical (unpaired) electrons. The van der Waals surface area contributed by atoms with Crippen LogP contribution in [0.1, 0.15) is 22.5 Å². The third kappa shape index (κ3) is 3.27. The summed E-state index contributed by atoms with van der Waals surface area (Å²) < 4.78 is 2.18. The first-order valence-electron chi connectivity index (χ1n) is 8.35. The largest absolute Gasteiger partial charge is 0.310 e. The van der Waals surface area contributed by atoms with Crippen LogP contribution in [-0.2, 0) is 0 Å². The zero-order valence-corrected chi connectivity index (χ0v) is 15.1. The highest BCUT2D eigenvalue weighted by molar-refractivity contribution is 6.71. The summed E-state index contributed by atoms with van der Waals surface area (Å²) in [6, 6.07) is 0. The third-order valence-corrected chi connectivity index (χ3v) is 4.07. The second-order valence-electron chi connectivity index (χ2n) is 5.55. The Morgan fingerprint density at radius 3 is 1.88 bits per heavy atom. The minimum Gasteiger partial charge on any atom is -0.310 e. The molecule has 1 aromatic heterocycles. The molecule has 0 saturated carbocycles. The van der Waals surface area contributed by atoms with Crippen molar-refractivity contribution in [3.63, 3.8) is 0 Å². The van der Waals surface area contributed by atoms with Gasteiger partial charge in [-0.1, -0.05) is 105 Å². The Labute approximate surface area is 157 Å². The molecule has 0 spiro atoms. The summed E-state index contributed by atoms with van der Waals surface area (Å²) in [6.07, 6.45) is 20.8. The summed E-state index contributed by atoms with van der Waals surface area (Å²) in [5, 5.41) is 0. The molecule has 0 N–H and O–H groups in total. The van der Waals surface area contributed by atoms with Gasteiger partial charge in [-0.15, -0.1) is 0 Å². The Bertz CT molecular complexity index is 910. The Morgan fingerprint density at radius 2 is 1.35 bits per heavy atom. The Hall–Kier alpha value is -3.26. The lowest BCUT2D eigenvalue weighted by molar-refractivity contribution is 1.07. The van der Waals surface area contributed by atoms with Crippen molar-refractivity contribution in [1.82, 2.24) is 4.57 Å². The van der Waals surface area contributed by atoms with E-state index >= 15 is 0 Å². The lowest BCUT2D eigenvalue weighted by atomic mass is 9.57. The van der Waals surface area contributed by atoms with Crippen molar-refractivity contribution in [2.24, 2.45) is 0 Å². The second kappa shape index (κ2) is 8.73. The van der Waals surface area contributed by atoms with E-state index in [0.717, 1.165) is 39.2 Å². The van der Waals surface area contributed by atoms with Crippen LogP contribution in [0.25, 0.3) is 29.4 Å². The van der Waals surface area contributed by atoms with Crippen molar-refractivity contribution in [2.75, 3.05) is 0 Å². The maximum absolute atomic E-state index is 4.03. The molecular weight excluding hydrogens is 313 g/mol. The first-order chi connectivity index (χ1) is 12.7. The lowest BCUT2D eigenvalue weighted by Crippen LogP contribution is -2.19. The maximum Gasteiger partial charge on any atom is 0.197 e. The Morgan fingerprint density at radius 1 is 0.692 bits per heavy atom. The van der Waals surface area contributed by atoms with Crippen LogP contribution in [0.3, 0.4) is 0 Å². The van der Waals surface area contributed by atoms with E-state index in [4.69, 9.17) is 0 Å². The van der Waals surface area contributed by atoms with E-state index in [1.807, 2.05) is 42.5 Å². The van der Waals surface area contributed by atoms with Gasteiger partial charge in [0.15, 0.2) is 7.28 Å². The number of hydrogen-bond acceptors (Lipinski definition) is 0. The van der Waals surface area contributed by atoms with Crippen LogP contribution in [0.2, 0.25) is 0 Å². The van der Waals surface area contributed by atoms with Crippen molar-refractivity contribution in [3.05, 3.63) is 116 Å². The van der Waals surface area contributed by atoms with Gasteiger partial charge in [0, 0.05) is 22.5 Å². The fraction of sp³-hybridized carbons (Fsp3) is 0. The fourth-order valence-electron chi connectivity index (χ4n) is 3.14. The van der Waals surface area contributed by atoms with Gasteiger partial charge in [0.1, 0.15) is 0 Å². The minimum atomic E-state index is 0.985. The normalized spacial score (nSPS) is 17.8. The van der Waals surface area contributed by atoms with Gasteiger partial charge in [0.2, 0.25) is 0 Å². The van der Waals surface area contributed by atoms with Gasteiger partial charge in [0.05, 0.1) is 5.69 Å². The molecule has 2 heterocycles. The average molecular weight is 336 g/mol. The van der Waals surface area contributed by atoms with Crippen LogP contribution >= 0.6 is 0 Å². The molecule has 0 fully saturated rings. The van der Waals surface area contributed by atoms with Crippen molar-refractivity contribution >= 4 is 36.7 Å². The molecule has 0 aliphatic carbocycles. The summed E-state index contributed by atoms with van der Waals surface area (Å²) >= 11 is 0. The highest BCUT2D eigenvalue weighted by atomic mass is 15.0. The molecule has 1 nitrogen and oxygen atoms in total. The van der Waals surface area contributed by atoms with Crippen LogP contribution in [0, 0.1) is 0 Å². The van der Waals surface area contributed by atoms with E-state index < -0.39 is 0 Å². The van der Waals surface area contributed by atoms with Gasteiger partial charge < -0.3 is 4.57 Å². The molecular formula is C24H23BN. The topological polar surface area (TPSA) is 4.93 Å². The fourth-order valence-corrected chi connectivity index (χ4v) is 3.14.